The fourth-order valence-electron chi connectivity index (χ4n) is 13.9. The van der Waals surface area contributed by atoms with E-state index in [0.717, 1.165) is 12.8 Å². The summed E-state index contributed by atoms with van der Waals surface area (Å²) in [5.41, 5.74) is 0. The zero-order chi connectivity index (χ0) is 55.9. The molecule has 16 nitrogen and oxygen atoms in total. The van der Waals surface area contributed by atoms with Gasteiger partial charge in [0.05, 0.1) is 86.0 Å². The molecule has 35 atom stereocenters. The van der Waals surface area contributed by atoms with Crippen molar-refractivity contribution in [3.05, 3.63) is 0 Å². The van der Waals surface area contributed by atoms with Crippen molar-refractivity contribution < 1.29 is 76.9 Å². The first-order valence-corrected chi connectivity index (χ1v) is 30.4. The lowest BCUT2D eigenvalue weighted by Gasteiger charge is -2.52. The third kappa shape index (κ3) is 12.8. The third-order valence-electron chi connectivity index (χ3n) is 21.0. The Morgan fingerprint density at radius 1 is 0.263 bits per heavy atom. The van der Waals surface area contributed by atoms with Gasteiger partial charge in [0, 0.05) is 35.5 Å². The van der Waals surface area contributed by atoms with Gasteiger partial charge in [0.2, 0.25) is 0 Å². The Kier molecular flexibility index (Phi) is 22.1. The highest BCUT2D eigenvalue weighted by atomic mass is 16.8. The zero-order valence-electron chi connectivity index (χ0n) is 50.4. The van der Waals surface area contributed by atoms with E-state index in [-0.39, 0.29) is 127 Å². The molecule has 7 rings (SSSR count). The van der Waals surface area contributed by atoms with Gasteiger partial charge >= 0.3 is 0 Å². The largest absolute Gasteiger partial charge is 0.394 e. The molecule has 7 fully saturated rings. The first kappa shape index (κ1) is 63.0. The summed E-state index contributed by atoms with van der Waals surface area (Å²) in [7, 11) is 0. The van der Waals surface area contributed by atoms with Gasteiger partial charge in [0.1, 0.15) is 18.3 Å². The van der Waals surface area contributed by atoms with Crippen molar-refractivity contribution in [2.75, 3.05) is 6.61 Å². The van der Waals surface area contributed by atoms with Crippen LogP contribution in [0.1, 0.15) is 164 Å². The summed E-state index contributed by atoms with van der Waals surface area (Å²) in [6, 6.07) is 0. The lowest BCUT2D eigenvalue weighted by atomic mass is 9.78. The molecular formula is C60H108O16. The molecule has 0 spiro atoms. The fraction of sp³-hybridized carbons (Fsp3) is 1.00. The molecule has 7 aliphatic heterocycles. The number of hydrogen-bond donors (Lipinski definition) is 3. The van der Waals surface area contributed by atoms with Crippen LogP contribution in [0.2, 0.25) is 0 Å². The molecule has 0 aliphatic carbocycles. The van der Waals surface area contributed by atoms with Crippen LogP contribution in [0, 0.1) is 76.9 Å². The summed E-state index contributed by atoms with van der Waals surface area (Å²) in [5, 5.41) is 34.6. The molecule has 7 heterocycles. The molecule has 0 aromatic carbocycles. The average molecular weight is 1090 g/mol. The highest BCUT2D eigenvalue weighted by Crippen LogP contribution is 2.46. The van der Waals surface area contributed by atoms with Gasteiger partial charge in [0.15, 0.2) is 37.7 Å². The molecule has 7 aliphatic rings. The van der Waals surface area contributed by atoms with Crippen LogP contribution < -0.4 is 0 Å². The van der Waals surface area contributed by atoms with E-state index in [1.165, 1.54) is 0 Å². The number of hydrogen-bond acceptors (Lipinski definition) is 16. The van der Waals surface area contributed by atoms with Gasteiger partial charge in [-0.05, 0) is 87.9 Å². The maximum absolute atomic E-state index is 12.0. The summed E-state index contributed by atoms with van der Waals surface area (Å²) in [6.45, 7) is 42.2. The Bertz CT molecular complexity index is 1750. The van der Waals surface area contributed by atoms with Crippen molar-refractivity contribution in [1.82, 2.24) is 0 Å². The van der Waals surface area contributed by atoms with E-state index in [2.05, 4.69) is 111 Å². The molecule has 0 saturated carbocycles. The SMILES string of the molecule is CCC1O[C@H](O[C@@H]2C(CC)O[C@H](O[C@H]3C(CC)O[C@@H](O[C@H]4C(C)O[C@@H](O[C@@H]5C(CO)O[C@H](O[C@H]6C(C)C(C)[C@@H](O[C@H]7C(CC)O[C@@H](C)C(C)[C@H]7C)O[C@H]6C)C(C)C5O)C(C)[C@H]4C)C(C)[C@H]3C)C(O)C2C)C(C)C(C)[C@@H]1C. The fourth-order valence-corrected chi connectivity index (χ4v) is 13.9. The quantitative estimate of drug-likeness (QED) is 0.125. The second-order valence-corrected chi connectivity index (χ2v) is 25.5. The van der Waals surface area contributed by atoms with Gasteiger partial charge < -0.3 is 76.9 Å². The summed E-state index contributed by atoms with van der Waals surface area (Å²) in [6.07, 6.45) is -6.75. The van der Waals surface area contributed by atoms with Crippen LogP contribution >= 0.6 is 0 Å². The Hall–Kier alpha value is -0.640. The predicted octanol–water partition coefficient (Wildman–Crippen LogP) is 9.10. The second kappa shape index (κ2) is 26.7. The van der Waals surface area contributed by atoms with Crippen molar-refractivity contribution >= 4 is 0 Å². The first-order valence-electron chi connectivity index (χ1n) is 30.4. The molecule has 17 unspecified atom stereocenters. The molecule has 0 radical (unpaired) electrons. The monoisotopic (exact) mass is 1080 g/mol. The van der Waals surface area contributed by atoms with Gasteiger partial charge in [-0.15, -0.1) is 0 Å². The normalized spacial score (nSPS) is 54.6. The van der Waals surface area contributed by atoms with Gasteiger partial charge in [-0.25, -0.2) is 0 Å². The maximum atomic E-state index is 12.0. The molecule has 0 amide bonds. The van der Waals surface area contributed by atoms with E-state index < -0.39 is 67.9 Å². The maximum Gasteiger partial charge on any atom is 0.184 e. The molecule has 16 heteroatoms. The van der Waals surface area contributed by atoms with E-state index in [1.807, 2.05) is 27.7 Å². The van der Waals surface area contributed by atoms with Crippen molar-refractivity contribution in [2.24, 2.45) is 76.9 Å². The minimum Gasteiger partial charge on any atom is -0.394 e. The van der Waals surface area contributed by atoms with Gasteiger partial charge in [-0.3, -0.25) is 0 Å². The van der Waals surface area contributed by atoms with E-state index >= 15 is 0 Å². The third-order valence-corrected chi connectivity index (χ3v) is 21.0. The van der Waals surface area contributed by atoms with Gasteiger partial charge in [-0.1, -0.05) is 118 Å². The van der Waals surface area contributed by atoms with E-state index in [9.17, 15) is 15.3 Å². The lowest BCUT2D eigenvalue weighted by Crippen LogP contribution is -2.62. The summed E-state index contributed by atoms with van der Waals surface area (Å²) >= 11 is 0. The van der Waals surface area contributed by atoms with E-state index in [4.69, 9.17) is 61.6 Å². The van der Waals surface area contributed by atoms with Crippen LogP contribution in [-0.4, -0.2) is 157 Å². The smallest absolute Gasteiger partial charge is 0.184 e. The van der Waals surface area contributed by atoms with Crippen LogP contribution in [0.3, 0.4) is 0 Å². The van der Waals surface area contributed by atoms with Gasteiger partial charge in [0.25, 0.3) is 0 Å². The molecule has 76 heavy (non-hydrogen) atoms. The zero-order valence-corrected chi connectivity index (χ0v) is 50.4. The Labute approximate surface area is 458 Å². The summed E-state index contributed by atoms with van der Waals surface area (Å²) < 4.78 is 86.9. The molecular weight excluding hydrogens is 977 g/mol. The highest BCUT2D eigenvalue weighted by molar-refractivity contribution is 4.97. The molecule has 0 aromatic rings. The van der Waals surface area contributed by atoms with Crippen molar-refractivity contribution in [3.8, 4) is 0 Å². The van der Waals surface area contributed by atoms with Crippen LogP contribution in [0.4, 0.5) is 0 Å². The van der Waals surface area contributed by atoms with Crippen molar-refractivity contribution in [2.45, 2.75) is 300 Å². The lowest BCUT2D eigenvalue weighted by molar-refractivity contribution is -0.373. The molecule has 3 N–H and O–H groups in total. The predicted molar refractivity (Wildman–Crippen MR) is 286 cm³/mol. The van der Waals surface area contributed by atoms with Crippen molar-refractivity contribution in [3.63, 3.8) is 0 Å². The Morgan fingerprint density at radius 3 is 1.07 bits per heavy atom. The minimum absolute atomic E-state index is 0.0000473. The standard InChI is InChI=1S/C60H108O16/c1-21-42-28(7)26(5)33(12)57(67-42)74-53-37(16)48(63)60(69-45(53)24-4)75-52-32(11)36(15)58(68-44(52)23-3)71-49-31(10)35(14)56(66-40(49)19)76-54-46(25-61)70-59(38(17)47(54)62)72-50-30(9)34(13)55(65-41(50)20)73-51-29(8)27(6)39(18)64-43(51)22-2/h26-63H,21-25H2,1-20H3/t26?,27?,28-,29+,30?,31+,32+,33?,34?,35?,36?,37?,38?,39-,40?,41-,42?,43?,44?,45?,46?,47?,48?,49+,50-,51+,52+,53-,54+,55+,56-,57+,58-,59+,60+/m0/s1. The van der Waals surface area contributed by atoms with Crippen LogP contribution in [-0.2, 0) is 61.6 Å². The van der Waals surface area contributed by atoms with Crippen molar-refractivity contribution in [1.29, 1.82) is 0 Å². The second-order valence-electron chi connectivity index (χ2n) is 25.5. The summed E-state index contributed by atoms with van der Waals surface area (Å²) in [5.74, 6) is 0.759. The Morgan fingerprint density at radius 2 is 0.592 bits per heavy atom. The van der Waals surface area contributed by atoms with Crippen LogP contribution in [0.15, 0.2) is 0 Å². The average Bonchev–Trinajstić information content (AvgIpc) is 3.40. The molecule has 0 bridgehead atoms. The van der Waals surface area contributed by atoms with E-state index in [0.29, 0.717) is 36.5 Å². The molecule has 7 saturated heterocycles. The topological polar surface area (TPSA) is 181 Å². The first-order chi connectivity index (χ1) is 35.9. The number of rotatable bonds is 17. The van der Waals surface area contributed by atoms with E-state index in [1.54, 1.807) is 0 Å². The molecule has 0 aromatic heterocycles. The number of ether oxygens (including phenoxy) is 13. The van der Waals surface area contributed by atoms with Gasteiger partial charge in [-0.2, -0.15) is 0 Å². The Balaban J connectivity index is 0.925. The summed E-state index contributed by atoms with van der Waals surface area (Å²) in [4.78, 5) is 0. The van der Waals surface area contributed by atoms with Crippen LogP contribution in [0.25, 0.3) is 0 Å². The number of aliphatic hydroxyl groups is 3. The minimum atomic E-state index is -1.02. The highest BCUT2D eigenvalue weighted by Gasteiger charge is 2.55. The number of aliphatic hydroxyl groups excluding tert-OH is 3. The van der Waals surface area contributed by atoms with Crippen LogP contribution in [0.5, 0.6) is 0 Å². The molecule has 444 valence electrons.